The van der Waals surface area contributed by atoms with E-state index in [1.54, 1.807) is 18.4 Å². The molecule has 1 heterocycles. The Labute approximate surface area is 119 Å². The van der Waals surface area contributed by atoms with E-state index in [1.165, 1.54) is 5.56 Å². The number of fused-ring (bicyclic) bond motifs is 1. The second-order valence-corrected chi connectivity index (χ2v) is 5.45. The molecular formula is C16H13BrO2. The Morgan fingerprint density at radius 1 is 1.00 bits per heavy atom. The van der Waals surface area contributed by atoms with Gasteiger partial charge in [-0.05, 0) is 42.7 Å². The van der Waals surface area contributed by atoms with Gasteiger partial charge in [-0.3, -0.25) is 0 Å². The summed E-state index contributed by atoms with van der Waals surface area (Å²) in [7, 11) is 0. The summed E-state index contributed by atoms with van der Waals surface area (Å²) in [5, 5.41) is 10.7. The molecule has 19 heavy (non-hydrogen) atoms. The number of aryl methyl sites for hydroxylation is 2. The van der Waals surface area contributed by atoms with Crippen molar-refractivity contribution in [2.45, 2.75) is 12.8 Å². The molecule has 0 atom stereocenters. The zero-order chi connectivity index (χ0) is 13.2. The van der Waals surface area contributed by atoms with Crippen LogP contribution < -0.4 is 0 Å². The summed E-state index contributed by atoms with van der Waals surface area (Å²) in [4.78, 5) is 0. The third-order valence-electron chi connectivity index (χ3n) is 3.25. The Morgan fingerprint density at radius 2 is 1.79 bits per heavy atom. The van der Waals surface area contributed by atoms with Crippen molar-refractivity contribution >= 4 is 26.9 Å². The summed E-state index contributed by atoms with van der Waals surface area (Å²) in [6.45, 7) is 0. The van der Waals surface area contributed by atoms with E-state index in [0.717, 1.165) is 33.8 Å². The van der Waals surface area contributed by atoms with Crippen LogP contribution in [0.25, 0.3) is 11.0 Å². The number of phenolic OH excluding ortho intramolecular Hbond substituents is 1. The van der Waals surface area contributed by atoms with Crippen LogP contribution in [0.5, 0.6) is 5.75 Å². The van der Waals surface area contributed by atoms with Gasteiger partial charge in [0.1, 0.15) is 11.3 Å². The molecule has 0 aliphatic rings. The normalized spacial score (nSPS) is 11.0. The topological polar surface area (TPSA) is 33.4 Å². The van der Waals surface area contributed by atoms with Crippen molar-refractivity contribution in [2.75, 3.05) is 0 Å². The number of hydrogen-bond acceptors (Lipinski definition) is 2. The standard InChI is InChI=1S/C16H13BrO2/c17-13-8-5-11(6-9-13)4-7-12-10-19-15-3-1-2-14(18)16(12)15/h1-3,5-6,8-10,18H,4,7H2. The predicted molar refractivity (Wildman–Crippen MR) is 79.4 cm³/mol. The van der Waals surface area contributed by atoms with E-state index >= 15 is 0 Å². The Kier molecular flexibility index (Phi) is 3.30. The van der Waals surface area contributed by atoms with Gasteiger partial charge in [0.15, 0.2) is 0 Å². The third-order valence-corrected chi connectivity index (χ3v) is 3.78. The van der Waals surface area contributed by atoms with Crippen molar-refractivity contribution in [1.29, 1.82) is 0 Å². The van der Waals surface area contributed by atoms with Crippen molar-refractivity contribution in [3.8, 4) is 5.75 Å². The summed E-state index contributed by atoms with van der Waals surface area (Å²) in [6.07, 6.45) is 3.52. The van der Waals surface area contributed by atoms with Crippen LogP contribution in [0.2, 0.25) is 0 Å². The fraction of sp³-hybridized carbons (Fsp3) is 0.125. The van der Waals surface area contributed by atoms with Crippen LogP contribution in [0.4, 0.5) is 0 Å². The summed E-state index contributed by atoms with van der Waals surface area (Å²) in [5.74, 6) is 0.289. The molecule has 0 aliphatic heterocycles. The summed E-state index contributed by atoms with van der Waals surface area (Å²) < 4.78 is 6.56. The fourth-order valence-electron chi connectivity index (χ4n) is 2.25. The zero-order valence-corrected chi connectivity index (χ0v) is 11.9. The average Bonchev–Trinajstić information content (AvgIpc) is 2.83. The highest BCUT2D eigenvalue weighted by Gasteiger charge is 2.09. The minimum absolute atomic E-state index is 0.289. The lowest BCUT2D eigenvalue weighted by molar-refractivity contribution is 0.481. The molecule has 0 aliphatic carbocycles. The summed E-state index contributed by atoms with van der Waals surface area (Å²) in [6, 6.07) is 13.7. The van der Waals surface area contributed by atoms with E-state index in [-0.39, 0.29) is 5.75 Å². The number of furan rings is 1. The number of rotatable bonds is 3. The molecule has 0 bridgehead atoms. The molecule has 0 amide bonds. The summed E-state index contributed by atoms with van der Waals surface area (Å²) in [5.41, 5.74) is 3.06. The Morgan fingerprint density at radius 3 is 2.58 bits per heavy atom. The van der Waals surface area contributed by atoms with Gasteiger partial charge < -0.3 is 9.52 Å². The molecule has 3 rings (SSSR count). The number of hydrogen-bond donors (Lipinski definition) is 1. The molecule has 2 nitrogen and oxygen atoms in total. The molecule has 0 saturated carbocycles. The molecule has 96 valence electrons. The van der Waals surface area contributed by atoms with Crippen LogP contribution in [0, 0.1) is 0 Å². The maximum absolute atomic E-state index is 9.91. The zero-order valence-electron chi connectivity index (χ0n) is 10.3. The van der Waals surface area contributed by atoms with E-state index in [9.17, 15) is 5.11 Å². The van der Waals surface area contributed by atoms with E-state index in [2.05, 4.69) is 28.1 Å². The monoisotopic (exact) mass is 316 g/mol. The molecule has 0 radical (unpaired) electrons. The first-order chi connectivity index (χ1) is 9.24. The van der Waals surface area contributed by atoms with E-state index < -0.39 is 0 Å². The molecule has 3 aromatic rings. The first-order valence-electron chi connectivity index (χ1n) is 6.16. The maximum atomic E-state index is 9.91. The molecule has 2 aromatic carbocycles. The molecular weight excluding hydrogens is 304 g/mol. The lowest BCUT2D eigenvalue weighted by Gasteiger charge is -2.01. The van der Waals surface area contributed by atoms with Gasteiger partial charge in [0.25, 0.3) is 0 Å². The van der Waals surface area contributed by atoms with E-state index in [4.69, 9.17) is 4.42 Å². The van der Waals surface area contributed by atoms with Gasteiger partial charge in [-0.2, -0.15) is 0 Å². The van der Waals surface area contributed by atoms with Crippen molar-refractivity contribution in [2.24, 2.45) is 0 Å². The SMILES string of the molecule is Oc1cccc2occ(CCc3ccc(Br)cc3)c12. The Bertz CT molecular complexity index is 698. The van der Waals surface area contributed by atoms with Gasteiger partial charge in [0.05, 0.1) is 11.6 Å². The molecule has 0 saturated heterocycles. The van der Waals surface area contributed by atoms with E-state index in [0.29, 0.717) is 0 Å². The first-order valence-corrected chi connectivity index (χ1v) is 6.96. The lowest BCUT2D eigenvalue weighted by atomic mass is 10.0. The fourth-order valence-corrected chi connectivity index (χ4v) is 2.51. The van der Waals surface area contributed by atoms with E-state index in [1.807, 2.05) is 18.2 Å². The smallest absolute Gasteiger partial charge is 0.137 e. The highest BCUT2D eigenvalue weighted by Crippen LogP contribution is 2.30. The largest absolute Gasteiger partial charge is 0.507 e. The number of phenols is 1. The maximum Gasteiger partial charge on any atom is 0.137 e. The quantitative estimate of drug-likeness (QED) is 0.760. The van der Waals surface area contributed by atoms with Crippen LogP contribution >= 0.6 is 15.9 Å². The molecule has 3 heteroatoms. The Balaban J connectivity index is 1.84. The van der Waals surface area contributed by atoms with Crippen molar-refractivity contribution in [3.63, 3.8) is 0 Å². The first kappa shape index (κ1) is 12.3. The van der Waals surface area contributed by atoms with Crippen LogP contribution in [-0.4, -0.2) is 5.11 Å². The number of benzene rings is 2. The van der Waals surface area contributed by atoms with Crippen molar-refractivity contribution in [1.82, 2.24) is 0 Å². The number of aromatic hydroxyl groups is 1. The van der Waals surface area contributed by atoms with Crippen LogP contribution in [0.1, 0.15) is 11.1 Å². The minimum atomic E-state index is 0.289. The predicted octanol–water partition coefficient (Wildman–Crippen LogP) is 4.69. The highest BCUT2D eigenvalue weighted by molar-refractivity contribution is 9.10. The van der Waals surface area contributed by atoms with Gasteiger partial charge in [-0.1, -0.05) is 34.1 Å². The molecule has 1 N–H and O–H groups in total. The van der Waals surface area contributed by atoms with Gasteiger partial charge in [0.2, 0.25) is 0 Å². The van der Waals surface area contributed by atoms with Gasteiger partial charge >= 0.3 is 0 Å². The minimum Gasteiger partial charge on any atom is -0.507 e. The number of halogens is 1. The van der Waals surface area contributed by atoms with Crippen molar-refractivity contribution < 1.29 is 9.52 Å². The second-order valence-electron chi connectivity index (χ2n) is 4.54. The molecule has 0 unspecified atom stereocenters. The van der Waals surface area contributed by atoms with Gasteiger partial charge in [-0.15, -0.1) is 0 Å². The Hall–Kier alpha value is -1.74. The second kappa shape index (κ2) is 5.10. The average molecular weight is 317 g/mol. The van der Waals surface area contributed by atoms with Crippen molar-refractivity contribution in [3.05, 3.63) is 64.3 Å². The summed E-state index contributed by atoms with van der Waals surface area (Å²) >= 11 is 3.43. The van der Waals surface area contributed by atoms with Crippen LogP contribution in [-0.2, 0) is 12.8 Å². The highest BCUT2D eigenvalue weighted by atomic mass is 79.9. The van der Waals surface area contributed by atoms with Gasteiger partial charge in [-0.25, -0.2) is 0 Å². The third kappa shape index (κ3) is 2.51. The van der Waals surface area contributed by atoms with Crippen LogP contribution in [0.15, 0.2) is 57.6 Å². The molecule has 0 fully saturated rings. The lowest BCUT2D eigenvalue weighted by Crippen LogP contribution is -1.90. The molecule has 0 spiro atoms. The molecule has 1 aromatic heterocycles. The van der Waals surface area contributed by atoms with Gasteiger partial charge in [0, 0.05) is 10.0 Å². The van der Waals surface area contributed by atoms with Crippen LogP contribution in [0.3, 0.4) is 0 Å².